The summed E-state index contributed by atoms with van der Waals surface area (Å²) in [6.45, 7) is 4.11. The van der Waals surface area contributed by atoms with Crippen LogP contribution in [-0.2, 0) is 4.79 Å². The van der Waals surface area contributed by atoms with E-state index in [0.717, 1.165) is 25.9 Å². The standard InChI is InChI=1S/C9H15N3O2.ClH/c1-2-12-8(14)11-7(13)9(12)3-5-10-6-4-9;/h10H,2-6H2,1H3,(H,11,13,14);1H. The summed E-state index contributed by atoms with van der Waals surface area (Å²) in [6, 6.07) is -0.237. The van der Waals surface area contributed by atoms with Gasteiger partial charge in [-0.05, 0) is 32.9 Å². The van der Waals surface area contributed by atoms with E-state index < -0.39 is 5.54 Å². The van der Waals surface area contributed by atoms with Crippen molar-refractivity contribution < 1.29 is 9.59 Å². The predicted molar refractivity (Wildman–Crippen MR) is 58.0 cm³/mol. The molecular formula is C9H16ClN3O2. The Morgan fingerprint density at radius 3 is 2.47 bits per heavy atom. The van der Waals surface area contributed by atoms with Crippen LogP contribution in [0.25, 0.3) is 0 Å². The molecule has 2 fully saturated rings. The maximum Gasteiger partial charge on any atom is 0.325 e. The summed E-state index contributed by atoms with van der Waals surface area (Å²) in [5.74, 6) is -0.120. The van der Waals surface area contributed by atoms with Gasteiger partial charge in [0.15, 0.2) is 0 Å². The minimum atomic E-state index is -0.558. The fourth-order valence-electron chi connectivity index (χ4n) is 2.38. The molecule has 0 atom stereocenters. The Labute approximate surface area is 95.0 Å². The van der Waals surface area contributed by atoms with Crippen molar-refractivity contribution in [1.82, 2.24) is 15.5 Å². The molecule has 0 aromatic heterocycles. The first-order valence-corrected chi connectivity index (χ1v) is 5.04. The molecular weight excluding hydrogens is 218 g/mol. The molecule has 0 aliphatic carbocycles. The van der Waals surface area contributed by atoms with Gasteiger partial charge in [-0.3, -0.25) is 10.1 Å². The molecule has 6 heteroatoms. The summed E-state index contributed by atoms with van der Waals surface area (Å²) in [5.41, 5.74) is -0.558. The highest BCUT2D eigenvalue weighted by atomic mass is 35.5. The number of rotatable bonds is 1. The minimum absolute atomic E-state index is 0. The lowest BCUT2D eigenvalue weighted by atomic mass is 9.87. The number of imide groups is 1. The first-order valence-electron chi connectivity index (χ1n) is 5.04. The summed E-state index contributed by atoms with van der Waals surface area (Å²) < 4.78 is 0. The summed E-state index contributed by atoms with van der Waals surface area (Å²) in [5, 5.41) is 5.60. The molecule has 3 amide bonds. The number of hydrogen-bond acceptors (Lipinski definition) is 3. The first kappa shape index (κ1) is 12.3. The van der Waals surface area contributed by atoms with Gasteiger partial charge >= 0.3 is 6.03 Å². The highest BCUT2D eigenvalue weighted by Crippen LogP contribution is 2.30. The molecule has 2 rings (SSSR count). The normalized spacial score (nSPS) is 23.9. The van der Waals surface area contributed by atoms with Crippen molar-refractivity contribution in [2.24, 2.45) is 0 Å². The molecule has 0 unspecified atom stereocenters. The monoisotopic (exact) mass is 233 g/mol. The van der Waals surface area contributed by atoms with E-state index in [0.29, 0.717) is 6.54 Å². The second-order valence-electron chi connectivity index (χ2n) is 3.79. The molecule has 15 heavy (non-hydrogen) atoms. The van der Waals surface area contributed by atoms with Crippen LogP contribution in [-0.4, -0.2) is 42.0 Å². The van der Waals surface area contributed by atoms with Gasteiger partial charge in [0.1, 0.15) is 5.54 Å². The molecule has 0 aromatic rings. The van der Waals surface area contributed by atoms with Gasteiger partial charge in [0.05, 0.1) is 0 Å². The average Bonchev–Trinajstić information content (AvgIpc) is 2.40. The van der Waals surface area contributed by atoms with Gasteiger partial charge < -0.3 is 10.2 Å². The second-order valence-corrected chi connectivity index (χ2v) is 3.79. The van der Waals surface area contributed by atoms with Crippen LogP contribution in [0.4, 0.5) is 4.79 Å². The molecule has 1 spiro atoms. The zero-order valence-electron chi connectivity index (χ0n) is 8.71. The SMILES string of the molecule is CCN1C(=O)NC(=O)C12CCNCC2.Cl. The Morgan fingerprint density at radius 1 is 1.33 bits per heavy atom. The molecule has 2 aliphatic rings. The van der Waals surface area contributed by atoms with Gasteiger partial charge in [0.25, 0.3) is 5.91 Å². The highest BCUT2D eigenvalue weighted by molar-refractivity contribution is 6.07. The van der Waals surface area contributed by atoms with Gasteiger partial charge in [-0.15, -0.1) is 12.4 Å². The third kappa shape index (κ3) is 1.70. The van der Waals surface area contributed by atoms with Crippen LogP contribution >= 0.6 is 12.4 Å². The molecule has 2 N–H and O–H groups in total. The Kier molecular flexibility index (Phi) is 3.57. The third-order valence-corrected chi connectivity index (χ3v) is 3.15. The smallest absolute Gasteiger partial charge is 0.317 e. The van der Waals surface area contributed by atoms with Crippen LogP contribution in [0.5, 0.6) is 0 Å². The van der Waals surface area contributed by atoms with Gasteiger partial charge in [-0.25, -0.2) is 4.79 Å². The summed E-state index contributed by atoms with van der Waals surface area (Å²) in [7, 11) is 0. The fraction of sp³-hybridized carbons (Fsp3) is 0.778. The van der Waals surface area contributed by atoms with Crippen LogP contribution in [0.3, 0.4) is 0 Å². The number of carbonyl (C=O) groups is 2. The van der Waals surface area contributed by atoms with E-state index in [1.54, 1.807) is 4.90 Å². The van der Waals surface area contributed by atoms with Crippen molar-refractivity contribution in [2.75, 3.05) is 19.6 Å². The fourth-order valence-corrected chi connectivity index (χ4v) is 2.38. The van der Waals surface area contributed by atoms with E-state index in [1.807, 2.05) is 6.92 Å². The van der Waals surface area contributed by atoms with Crippen molar-refractivity contribution in [2.45, 2.75) is 25.3 Å². The minimum Gasteiger partial charge on any atom is -0.317 e. The Morgan fingerprint density at radius 2 is 1.93 bits per heavy atom. The zero-order chi connectivity index (χ0) is 10.2. The van der Waals surface area contributed by atoms with Crippen molar-refractivity contribution in [3.8, 4) is 0 Å². The first-order chi connectivity index (χ1) is 6.70. The van der Waals surface area contributed by atoms with E-state index in [1.165, 1.54) is 0 Å². The summed E-state index contributed by atoms with van der Waals surface area (Å²) in [6.07, 6.45) is 1.44. The van der Waals surface area contributed by atoms with E-state index in [2.05, 4.69) is 10.6 Å². The third-order valence-electron chi connectivity index (χ3n) is 3.15. The number of piperidine rings is 1. The molecule has 5 nitrogen and oxygen atoms in total. The lowest BCUT2D eigenvalue weighted by Crippen LogP contribution is -2.55. The van der Waals surface area contributed by atoms with E-state index in [9.17, 15) is 9.59 Å². The van der Waals surface area contributed by atoms with Crippen LogP contribution in [0.1, 0.15) is 19.8 Å². The number of amides is 3. The van der Waals surface area contributed by atoms with E-state index in [4.69, 9.17) is 0 Å². The molecule has 86 valence electrons. The molecule has 2 saturated heterocycles. The lowest BCUT2D eigenvalue weighted by molar-refractivity contribution is -0.127. The van der Waals surface area contributed by atoms with Crippen LogP contribution in [0.15, 0.2) is 0 Å². The van der Waals surface area contributed by atoms with Crippen molar-refractivity contribution in [3.63, 3.8) is 0 Å². The van der Waals surface area contributed by atoms with Gasteiger partial charge in [0.2, 0.25) is 0 Å². The number of nitrogens with one attached hydrogen (secondary N) is 2. The number of carbonyl (C=O) groups excluding carboxylic acids is 2. The summed E-state index contributed by atoms with van der Waals surface area (Å²) in [4.78, 5) is 24.9. The maximum absolute atomic E-state index is 11.7. The predicted octanol–water partition coefficient (Wildman–Crippen LogP) is 0.102. The van der Waals surface area contributed by atoms with Crippen LogP contribution in [0, 0.1) is 0 Å². The second kappa shape index (κ2) is 4.37. The Bertz CT molecular complexity index is 277. The number of halogens is 1. The quantitative estimate of drug-likeness (QED) is 0.632. The van der Waals surface area contributed by atoms with Crippen LogP contribution < -0.4 is 10.6 Å². The Hall–Kier alpha value is -0.810. The van der Waals surface area contributed by atoms with Gasteiger partial charge in [-0.2, -0.15) is 0 Å². The van der Waals surface area contributed by atoms with Gasteiger partial charge in [-0.1, -0.05) is 0 Å². The van der Waals surface area contributed by atoms with E-state index >= 15 is 0 Å². The van der Waals surface area contributed by atoms with Crippen LogP contribution in [0.2, 0.25) is 0 Å². The zero-order valence-corrected chi connectivity index (χ0v) is 9.52. The molecule has 0 radical (unpaired) electrons. The topological polar surface area (TPSA) is 61.4 Å². The van der Waals surface area contributed by atoms with E-state index in [-0.39, 0.29) is 24.3 Å². The number of likely N-dealkylation sites (N-methyl/N-ethyl adjacent to an activating group) is 1. The summed E-state index contributed by atoms with van der Waals surface area (Å²) >= 11 is 0. The number of nitrogens with zero attached hydrogens (tertiary/aromatic N) is 1. The van der Waals surface area contributed by atoms with Gasteiger partial charge in [0, 0.05) is 6.54 Å². The van der Waals surface area contributed by atoms with Crippen molar-refractivity contribution in [1.29, 1.82) is 0 Å². The highest BCUT2D eigenvalue weighted by Gasteiger charge is 2.52. The molecule has 0 bridgehead atoms. The lowest BCUT2D eigenvalue weighted by Gasteiger charge is -2.37. The number of urea groups is 1. The maximum atomic E-state index is 11.7. The van der Waals surface area contributed by atoms with Crippen molar-refractivity contribution in [3.05, 3.63) is 0 Å². The molecule has 2 aliphatic heterocycles. The Balaban J connectivity index is 0.00000112. The molecule has 0 saturated carbocycles. The largest absolute Gasteiger partial charge is 0.325 e. The molecule has 0 aromatic carbocycles. The molecule has 2 heterocycles. The van der Waals surface area contributed by atoms with Crippen molar-refractivity contribution >= 4 is 24.3 Å². The average molecular weight is 234 g/mol. The number of hydrogen-bond donors (Lipinski definition) is 2.